The largest absolute Gasteiger partial charge is 4.00 e. The molecule has 4 nitrogen and oxygen atoms in total. The van der Waals surface area contributed by atoms with Gasteiger partial charge in [0.15, 0.2) is 0 Å². The van der Waals surface area contributed by atoms with Crippen molar-refractivity contribution < 1.29 is 63.3 Å². The summed E-state index contributed by atoms with van der Waals surface area (Å²) in [6.45, 7) is 5.86. The van der Waals surface area contributed by atoms with Crippen LogP contribution in [-0.4, -0.2) is 81.7 Å². The molecule has 120 valence electrons. The summed E-state index contributed by atoms with van der Waals surface area (Å²) in [5.74, 6) is 0. The number of nitrogens with zero attached hydrogens (tertiary/aromatic N) is 3. The van der Waals surface area contributed by atoms with Gasteiger partial charge in [-0.05, 0) is 27.7 Å². The summed E-state index contributed by atoms with van der Waals surface area (Å²) >= 11 is 0. The summed E-state index contributed by atoms with van der Waals surface area (Å²) in [5, 5.41) is 3.36. The Labute approximate surface area is 156 Å². The maximum absolute atomic E-state index is 13.7. The number of likely N-dealkylation sites (N-methyl/N-ethyl adjacent to an activating group) is 3. The molecule has 9 heteroatoms. The predicted octanol–water partition coefficient (Wildman–Crippen LogP) is -9.15. The minimum atomic E-state index is -0.0449. The second-order valence-corrected chi connectivity index (χ2v) is 4.59. The van der Waals surface area contributed by atoms with Gasteiger partial charge >= 0.3 is 21.7 Å². The van der Waals surface area contributed by atoms with Crippen molar-refractivity contribution in [2.24, 2.45) is 0 Å². The van der Waals surface area contributed by atoms with Crippen molar-refractivity contribution in [3.05, 3.63) is 6.30 Å². The van der Waals surface area contributed by atoms with Crippen molar-refractivity contribution >= 4 is 0 Å². The van der Waals surface area contributed by atoms with Crippen LogP contribution in [0.25, 0.3) is 0 Å². The van der Waals surface area contributed by atoms with Gasteiger partial charge < -0.3 is 61.6 Å². The van der Waals surface area contributed by atoms with E-state index in [0.717, 1.165) is 39.3 Å². The van der Waals surface area contributed by atoms with E-state index in [-0.39, 0.29) is 65.2 Å². The number of rotatable bonds is 0. The van der Waals surface area contributed by atoms with Crippen LogP contribution in [0.2, 0.25) is 0 Å². The number of halogens is 4. The maximum atomic E-state index is 13.7. The van der Waals surface area contributed by atoms with Crippen molar-refractivity contribution in [2.75, 3.05) is 67.0 Å². The van der Waals surface area contributed by atoms with Gasteiger partial charge in [-0.25, -0.2) is 0 Å². The van der Waals surface area contributed by atoms with Gasteiger partial charge in [0.2, 0.25) is 0 Å². The molecule has 1 fully saturated rings. The van der Waals surface area contributed by atoms with Crippen molar-refractivity contribution in [2.45, 2.75) is 0 Å². The molecule has 0 amide bonds. The molecule has 0 aliphatic carbocycles. The number of hydrogen-bond acceptors (Lipinski definition) is 4. The van der Waals surface area contributed by atoms with Gasteiger partial charge in [-0.1, -0.05) is 12.8 Å². The van der Waals surface area contributed by atoms with Gasteiger partial charge in [0.25, 0.3) is 0 Å². The number of hydrogen-bond donors (Lipinski definition) is 1. The van der Waals surface area contributed by atoms with E-state index in [0.29, 0.717) is 6.54 Å². The van der Waals surface area contributed by atoms with Crippen LogP contribution in [-0.2, 0) is 21.7 Å². The molecule has 1 heterocycles. The van der Waals surface area contributed by atoms with Gasteiger partial charge in [0.05, 0.1) is 0 Å². The molecule has 1 aliphatic heterocycles. The first-order valence-corrected chi connectivity index (χ1v) is 5.90. The van der Waals surface area contributed by atoms with Gasteiger partial charge in [0.1, 0.15) is 0 Å². The number of nitrogens with one attached hydrogen (secondary N) is 1. The van der Waals surface area contributed by atoms with Crippen LogP contribution in [0.4, 0.5) is 4.39 Å². The van der Waals surface area contributed by atoms with Crippen LogP contribution in [0.15, 0.2) is 0 Å². The molecule has 1 N–H and O–H groups in total. The molecule has 0 radical (unpaired) electrons. The fourth-order valence-electron chi connectivity index (χ4n) is 1.64. The van der Waals surface area contributed by atoms with Gasteiger partial charge in [-0.3, -0.25) is 0 Å². The van der Waals surface area contributed by atoms with Crippen molar-refractivity contribution in [3.63, 3.8) is 0 Å². The normalized spacial score (nSPS) is 21.0. The summed E-state index contributed by atoms with van der Waals surface area (Å²) in [4.78, 5) is 5.94. The van der Waals surface area contributed by atoms with Crippen molar-refractivity contribution in [1.82, 2.24) is 20.0 Å². The summed E-state index contributed by atoms with van der Waals surface area (Å²) in [6.07, 6.45) is -0.0449. The Morgan fingerprint density at radius 2 is 1.35 bits per heavy atom. The smallest absolute Gasteiger partial charge is 1.00 e. The minimum Gasteiger partial charge on any atom is -1.00 e. The van der Waals surface area contributed by atoms with Gasteiger partial charge in [-0.15, -0.1) is 0 Å². The Morgan fingerprint density at radius 1 is 0.850 bits per heavy atom. The van der Waals surface area contributed by atoms with E-state index in [9.17, 15) is 4.39 Å². The van der Waals surface area contributed by atoms with E-state index >= 15 is 0 Å². The molecule has 1 rings (SSSR count). The fourth-order valence-corrected chi connectivity index (χ4v) is 1.64. The second kappa shape index (κ2) is 16.7. The van der Waals surface area contributed by atoms with Crippen molar-refractivity contribution in [3.8, 4) is 0 Å². The molecule has 0 unspecified atom stereocenters. The summed E-state index contributed by atoms with van der Waals surface area (Å²) in [7, 11) is 5.85. The van der Waals surface area contributed by atoms with E-state index in [4.69, 9.17) is 0 Å². The summed E-state index contributed by atoms with van der Waals surface area (Å²) in [5.41, 5.74) is 0. The molecule has 0 bridgehead atoms. The van der Waals surface area contributed by atoms with Gasteiger partial charge in [-0.2, -0.15) is 0 Å². The third-order valence-electron chi connectivity index (χ3n) is 2.97. The Kier molecular flexibility index (Phi) is 24.6. The molecule has 0 saturated carbocycles. The first-order chi connectivity index (χ1) is 7.59. The molecule has 0 aromatic carbocycles. The second-order valence-electron chi connectivity index (χ2n) is 4.59. The van der Waals surface area contributed by atoms with Crippen molar-refractivity contribution in [1.29, 1.82) is 0 Å². The Bertz CT molecular complexity index is 209. The molecule has 1 saturated heterocycles. The standard InChI is InChI=1S/C11H24FN4.3ClH.Ti/c1-14-6-4-13-5-7-15(2)10-11(12)16(3)9-8-14;;;;/h13H,4-10H2,1-3H3;3*1H;/q-1;;;;+4/p-3. The van der Waals surface area contributed by atoms with Crippen LogP contribution in [0.5, 0.6) is 0 Å². The third-order valence-corrected chi connectivity index (χ3v) is 2.97. The molecule has 0 spiro atoms. The van der Waals surface area contributed by atoms with E-state index in [2.05, 4.69) is 17.3 Å². The maximum Gasteiger partial charge on any atom is 4.00 e. The SMILES string of the molecule is CN1CCNCCN(C)C[C-](F)N(C)CC1.[Cl-].[Cl-].[Cl-].[Ti+4]. The molecule has 0 atom stereocenters. The topological polar surface area (TPSA) is 21.8 Å². The monoisotopic (exact) mass is 384 g/mol. The average Bonchev–Trinajstić information content (AvgIpc) is 2.23. The first-order valence-electron chi connectivity index (χ1n) is 5.90. The van der Waals surface area contributed by atoms with Crippen LogP contribution in [0, 0.1) is 6.30 Å². The molecular formula is C11H24Cl3FN4Ti. The molecule has 1 aliphatic rings. The van der Waals surface area contributed by atoms with Crippen LogP contribution in [0.1, 0.15) is 0 Å². The molecular weight excluding hydrogens is 361 g/mol. The molecule has 20 heavy (non-hydrogen) atoms. The Hall–Kier alpha value is 1.35. The predicted molar refractivity (Wildman–Crippen MR) is 64.8 cm³/mol. The summed E-state index contributed by atoms with van der Waals surface area (Å²) in [6, 6.07) is 0. The quantitative estimate of drug-likeness (QED) is 0.254. The van der Waals surface area contributed by atoms with E-state index < -0.39 is 0 Å². The van der Waals surface area contributed by atoms with Gasteiger partial charge in [0, 0.05) is 32.7 Å². The molecule has 0 aromatic rings. The fraction of sp³-hybridized carbons (Fsp3) is 0.909. The Morgan fingerprint density at radius 3 is 1.90 bits per heavy atom. The zero-order valence-corrected chi connectivity index (χ0v) is 16.1. The Balaban J connectivity index is -0.000000320. The summed E-state index contributed by atoms with van der Waals surface area (Å²) < 4.78 is 13.7. The zero-order valence-electron chi connectivity index (χ0n) is 12.3. The van der Waals surface area contributed by atoms with E-state index in [1.807, 2.05) is 19.0 Å². The zero-order chi connectivity index (χ0) is 12.0. The molecule has 0 aromatic heterocycles. The average molecular weight is 386 g/mol. The first kappa shape index (κ1) is 29.4. The van der Waals surface area contributed by atoms with Crippen LogP contribution in [0.3, 0.4) is 0 Å². The van der Waals surface area contributed by atoms with Crippen LogP contribution >= 0.6 is 0 Å². The van der Waals surface area contributed by atoms with E-state index in [1.54, 1.807) is 4.90 Å². The minimum absolute atomic E-state index is 0. The van der Waals surface area contributed by atoms with Crippen LogP contribution < -0.4 is 42.5 Å². The van der Waals surface area contributed by atoms with E-state index in [1.165, 1.54) is 0 Å². The third kappa shape index (κ3) is 13.0.